The molecule has 112 valence electrons. The van der Waals surface area contributed by atoms with Crippen LogP contribution in [0.4, 0.5) is 10.1 Å². The van der Waals surface area contributed by atoms with Crippen molar-refractivity contribution in [3.63, 3.8) is 0 Å². The van der Waals surface area contributed by atoms with Crippen molar-refractivity contribution >= 4 is 15.7 Å². The molecule has 9 heteroatoms. The normalized spacial score (nSPS) is 13.1. The smallest absolute Gasteiger partial charge is 0.289 e. The van der Waals surface area contributed by atoms with Gasteiger partial charge in [-0.3, -0.25) is 14.5 Å². The Balaban J connectivity index is 2.92. The number of para-hydroxylation sites is 1. The lowest BCUT2D eigenvalue weighted by molar-refractivity contribution is -0.387. The van der Waals surface area contributed by atoms with E-state index in [9.17, 15) is 22.9 Å². The van der Waals surface area contributed by atoms with Crippen molar-refractivity contribution < 1.29 is 17.7 Å². The summed E-state index contributed by atoms with van der Waals surface area (Å²) in [5.41, 5.74) is -0.494. The van der Waals surface area contributed by atoms with Crippen LogP contribution in [0.3, 0.4) is 0 Å². The Bertz CT molecular complexity index is 565. The van der Waals surface area contributed by atoms with Crippen molar-refractivity contribution in [2.24, 2.45) is 0 Å². The molecule has 0 aliphatic carbocycles. The van der Waals surface area contributed by atoms with Crippen LogP contribution in [0.25, 0.3) is 0 Å². The largest absolute Gasteiger partial charge is 0.316 e. The third-order valence-electron chi connectivity index (χ3n) is 2.74. The number of nitro groups is 1. The first kappa shape index (κ1) is 16.5. The van der Waals surface area contributed by atoms with Gasteiger partial charge in [0.15, 0.2) is 4.90 Å². The van der Waals surface area contributed by atoms with Crippen LogP contribution in [0.5, 0.6) is 0 Å². The Morgan fingerprint density at radius 2 is 2.05 bits per heavy atom. The summed E-state index contributed by atoms with van der Waals surface area (Å²) in [5, 5.41) is 13.6. The zero-order valence-corrected chi connectivity index (χ0v) is 11.7. The standard InChI is InChI=1S/C11H16FN3O4S/c1-13-9(6-7-12)8-14-20(18,19)11-5-3-2-4-10(11)15(16)17/h2-5,9,13-14H,6-8H2,1H3/t9-/m0/s1. The molecule has 0 fully saturated rings. The molecule has 1 atom stereocenters. The van der Waals surface area contributed by atoms with Crippen LogP contribution in [-0.2, 0) is 10.0 Å². The molecule has 2 N–H and O–H groups in total. The Morgan fingerprint density at radius 3 is 2.60 bits per heavy atom. The Labute approximate surface area is 116 Å². The zero-order chi connectivity index (χ0) is 15.2. The highest BCUT2D eigenvalue weighted by atomic mass is 32.2. The molecule has 20 heavy (non-hydrogen) atoms. The minimum Gasteiger partial charge on any atom is -0.316 e. The molecule has 0 amide bonds. The van der Waals surface area contributed by atoms with Crippen molar-refractivity contribution in [2.75, 3.05) is 20.3 Å². The van der Waals surface area contributed by atoms with E-state index in [1.54, 1.807) is 7.05 Å². The molecule has 0 saturated heterocycles. The fraction of sp³-hybridized carbons (Fsp3) is 0.455. The van der Waals surface area contributed by atoms with E-state index in [-0.39, 0.29) is 19.0 Å². The van der Waals surface area contributed by atoms with Crippen molar-refractivity contribution in [3.8, 4) is 0 Å². The number of nitrogens with one attached hydrogen (secondary N) is 2. The lowest BCUT2D eigenvalue weighted by atomic mass is 10.2. The monoisotopic (exact) mass is 305 g/mol. The van der Waals surface area contributed by atoms with Gasteiger partial charge in [0, 0.05) is 18.7 Å². The van der Waals surface area contributed by atoms with Gasteiger partial charge in [-0.1, -0.05) is 12.1 Å². The van der Waals surface area contributed by atoms with Gasteiger partial charge in [0.2, 0.25) is 10.0 Å². The topological polar surface area (TPSA) is 101 Å². The summed E-state index contributed by atoms with van der Waals surface area (Å²) in [7, 11) is -2.43. The van der Waals surface area contributed by atoms with Crippen molar-refractivity contribution in [2.45, 2.75) is 17.4 Å². The van der Waals surface area contributed by atoms with E-state index in [0.29, 0.717) is 0 Å². The van der Waals surface area contributed by atoms with Gasteiger partial charge >= 0.3 is 0 Å². The maximum atomic E-state index is 12.2. The molecule has 0 bridgehead atoms. The molecule has 1 aromatic carbocycles. The van der Waals surface area contributed by atoms with E-state index in [2.05, 4.69) is 10.0 Å². The Morgan fingerprint density at radius 1 is 1.40 bits per heavy atom. The first-order chi connectivity index (χ1) is 9.42. The van der Waals surface area contributed by atoms with Gasteiger partial charge in [-0.25, -0.2) is 13.1 Å². The van der Waals surface area contributed by atoms with Crippen LogP contribution >= 0.6 is 0 Å². The molecule has 0 heterocycles. The molecule has 0 radical (unpaired) electrons. The molecule has 1 aromatic rings. The van der Waals surface area contributed by atoms with Gasteiger partial charge in [-0.2, -0.15) is 0 Å². The highest BCUT2D eigenvalue weighted by Crippen LogP contribution is 2.22. The zero-order valence-electron chi connectivity index (χ0n) is 10.9. The molecule has 0 aliphatic rings. The lowest BCUT2D eigenvalue weighted by Crippen LogP contribution is -2.39. The predicted molar refractivity (Wildman–Crippen MR) is 71.7 cm³/mol. The van der Waals surface area contributed by atoms with Crippen LogP contribution in [0.15, 0.2) is 29.2 Å². The summed E-state index contributed by atoms with van der Waals surface area (Å²) >= 11 is 0. The van der Waals surface area contributed by atoms with Crippen LogP contribution in [0.2, 0.25) is 0 Å². The average Bonchev–Trinajstić information content (AvgIpc) is 2.43. The number of benzene rings is 1. The number of nitrogens with zero attached hydrogens (tertiary/aromatic N) is 1. The molecular formula is C11H16FN3O4S. The average molecular weight is 305 g/mol. The Kier molecular flexibility index (Phi) is 5.99. The van der Waals surface area contributed by atoms with Gasteiger partial charge in [-0.05, 0) is 19.5 Å². The van der Waals surface area contributed by atoms with Gasteiger partial charge in [-0.15, -0.1) is 0 Å². The van der Waals surface area contributed by atoms with E-state index >= 15 is 0 Å². The van der Waals surface area contributed by atoms with Gasteiger partial charge < -0.3 is 5.32 Å². The summed E-state index contributed by atoms with van der Waals surface area (Å²) in [6, 6.07) is 4.68. The maximum absolute atomic E-state index is 12.2. The van der Waals surface area contributed by atoms with Crippen LogP contribution in [0.1, 0.15) is 6.42 Å². The number of hydrogen-bond donors (Lipinski definition) is 2. The summed E-state index contributed by atoms with van der Waals surface area (Å²) in [6.45, 7) is -0.631. The molecule has 0 aliphatic heterocycles. The molecule has 0 unspecified atom stereocenters. The third-order valence-corrected chi connectivity index (χ3v) is 4.21. The number of halogens is 1. The van der Waals surface area contributed by atoms with Crippen LogP contribution in [0, 0.1) is 10.1 Å². The van der Waals surface area contributed by atoms with Crippen molar-refractivity contribution in [1.82, 2.24) is 10.0 Å². The number of alkyl halides is 1. The molecule has 0 saturated carbocycles. The van der Waals surface area contributed by atoms with Gasteiger partial charge in [0.05, 0.1) is 11.6 Å². The second-order valence-electron chi connectivity index (χ2n) is 4.04. The lowest BCUT2D eigenvalue weighted by Gasteiger charge is -2.15. The van der Waals surface area contributed by atoms with Crippen molar-refractivity contribution in [3.05, 3.63) is 34.4 Å². The molecule has 0 spiro atoms. The van der Waals surface area contributed by atoms with E-state index in [4.69, 9.17) is 0 Å². The number of likely N-dealkylation sites (N-methyl/N-ethyl adjacent to an activating group) is 1. The van der Waals surface area contributed by atoms with Crippen LogP contribution < -0.4 is 10.0 Å². The second-order valence-corrected chi connectivity index (χ2v) is 5.78. The van der Waals surface area contributed by atoms with Crippen molar-refractivity contribution in [1.29, 1.82) is 0 Å². The predicted octanol–water partition coefficient (Wildman–Crippen LogP) is 0.821. The second kappa shape index (κ2) is 7.27. The number of hydrogen-bond acceptors (Lipinski definition) is 5. The number of nitro benzene ring substituents is 1. The van der Waals surface area contributed by atoms with Crippen LogP contribution in [-0.4, -0.2) is 39.6 Å². The number of sulfonamides is 1. The highest BCUT2D eigenvalue weighted by molar-refractivity contribution is 7.89. The fourth-order valence-corrected chi connectivity index (χ4v) is 2.86. The molecule has 0 aromatic heterocycles. The quantitative estimate of drug-likeness (QED) is 0.547. The van der Waals surface area contributed by atoms with E-state index in [1.165, 1.54) is 12.1 Å². The minimum atomic E-state index is -4.01. The van der Waals surface area contributed by atoms with Gasteiger partial charge in [0.25, 0.3) is 5.69 Å². The summed E-state index contributed by atoms with van der Waals surface area (Å²) in [5.74, 6) is 0. The van der Waals surface area contributed by atoms with E-state index in [1.807, 2.05) is 0 Å². The molecular weight excluding hydrogens is 289 g/mol. The maximum Gasteiger partial charge on any atom is 0.289 e. The molecule has 7 nitrogen and oxygen atoms in total. The fourth-order valence-electron chi connectivity index (χ4n) is 1.60. The SMILES string of the molecule is CN[C@@H](CCF)CNS(=O)(=O)c1ccccc1[N+](=O)[O-]. The summed E-state index contributed by atoms with van der Waals surface area (Å²) in [4.78, 5) is 9.66. The highest BCUT2D eigenvalue weighted by Gasteiger charge is 2.25. The minimum absolute atomic E-state index is 0.0468. The Hall–Kier alpha value is -1.58. The molecule has 1 rings (SSSR count). The first-order valence-electron chi connectivity index (χ1n) is 5.88. The summed E-state index contributed by atoms with van der Waals surface area (Å²) < 4.78 is 38.6. The van der Waals surface area contributed by atoms with E-state index in [0.717, 1.165) is 12.1 Å². The van der Waals surface area contributed by atoms with E-state index < -0.39 is 32.2 Å². The van der Waals surface area contributed by atoms with Gasteiger partial charge in [0.1, 0.15) is 0 Å². The number of rotatable bonds is 8. The first-order valence-corrected chi connectivity index (χ1v) is 7.37. The summed E-state index contributed by atoms with van der Waals surface area (Å²) in [6.07, 6.45) is 0.149. The third kappa shape index (κ3) is 4.22.